The zero-order valence-corrected chi connectivity index (χ0v) is 12.9. The maximum atomic E-state index is 9.92. The quantitative estimate of drug-likeness (QED) is 0.654. The van der Waals surface area contributed by atoms with Crippen LogP contribution in [0, 0.1) is 0 Å². The van der Waals surface area contributed by atoms with E-state index in [0.717, 1.165) is 6.42 Å². The Bertz CT molecular complexity index is 385. The lowest BCUT2D eigenvalue weighted by Crippen LogP contribution is -2.47. The smallest absolute Gasteiger partial charge is 0.119 e. The number of halogens is 1. The largest absolute Gasteiger partial charge is 0.491 e. The van der Waals surface area contributed by atoms with Crippen LogP contribution >= 0.6 is 11.6 Å². The molecule has 0 radical (unpaired) electrons. The molecule has 5 heteroatoms. The Hall–Kier alpha value is -0.810. The summed E-state index contributed by atoms with van der Waals surface area (Å²) in [7, 11) is 0. The van der Waals surface area contributed by atoms with E-state index in [-0.39, 0.29) is 18.8 Å². The number of rotatable bonds is 9. The number of ether oxygens (including phenoxy) is 1. The van der Waals surface area contributed by atoms with Gasteiger partial charge in [0.15, 0.2) is 0 Å². The van der Waals surface area contributed by atoms with E-state index in [2.05, 4.69) is 12.2 Å². The number of aliphatic hydroxyl groups excluding tert-OH is 2. The molecule has 0 amide bonds. The van der Waals surface area contributed by atoms with Gasteiger partial charge in [-0.25, -0.2) is 0 Å². The van der Waals surface area contributed by atoms with Crippen LogP contribution < -0.4 is 10.1 Å². The highest BCUT2D eigenvalue weighted by molar-refractivity contribution is 6.30. The minimum Gasteiger partial charge on any atom is -0.491 e. The third-order valence-corrected chi connectivity index (χ3v) is 3.72. The van der Waals surface area contributed by atoms with Gasteiger partial charge >= 0.3 is 0 Å². The van der Waals surface area contributed by atoms with Crippen LogP contribution in [0.3, 0.4) is 0 Å². The molecular weight excluding hydrogens is 278 g/mol. The second-order valence-electron chi connectivity index (χ2n) is 5.19. The molecule has 1 aromatic carbocycles. The van der Waals surface area contributed by atoms with Crippen molar-refractivity contribution in [3.8, 4) is 5.75 Å². The molecule has 0 saturated heterocycles. The molecule has 0 aliphatic carbocycles. The van der Waals surface area contributed by atoms with Crippen LogP contribution in [0.1, 0.15) is 26.7 Å². The van der Waals surface area contributed by atoms with Crippen LogP contribution in [0.2, 0.25) is 5.02 Å². The normalized spacial score (nSPS) is 15.7. The van der Waals surface area contributed by atoms with Gasteiger partial charge in [-0.1, -0.05) is 18.5 Å². The van der Waals surface area contributed by atoms with Crippen molar-refractivity contribution in [2.75, 3.05) is 19.8 Å². The molecule has 0 heterocycles. The first-order valence-corrected chi connectivity index (χ1v) is 7.29. The Morgan fingerprint density at radius 3 is 2.55 bits per heavy atom. The summed E-state index contributed by atoms with van der Waals surface area (Å²) in [5, 5.41) is 22.9. The maximum Gasteiger partial charge on any atom is 0.119 e. The minimum absolute atomic E-state index is 0.134. The number of hydrogen-bond donors (Lipinski definition) is 3. The van der Waals surface area contributed by atoms with Crippen LogP contribution in [-0.4, -0.2) is 41.6 Å². The highest BCUT2D eigenvalue weighted by atomic mass is 35.5. The first-order valence-electron chi connectivity index (χ1n) is 6.91. The van der Waals surface area contributed by atoms with Crippen molar-refractivity contribution >= 4 is 11.6 Å². The fraction of sp³-hybridized carbons (Fsp3) is 0.600. The average molecular weight is 302 g/mol. The van der Waals surface area contributed by atoms with Gasteiger partial charge in [-0.3, -0.25) is 0 Å². The van der Waals surface area contributed by atoms with E-state index in [1.807, 2.05) is 6.92 Å². The van der Waals surface area contributed by atoms with Crippen LogP contribution in [0.4, 0.5) is 0 Å². The summed E-state index contributed by atoms with van der Waals surface area (Å²) in [4.78, 5) is 0. The molecule has 0 bridgehead atoms. The molecule has 1 rings (SSSR count). The van der Waals surface area contributed by atoms with Crippen molar-refractivity contribution in [1.29, 1.82) is 0 Å². The van der Waals surface area contributed by atoms with Crippen molar-refractivity contribution in [3.63, 3.8) is 0 Å². The fourth-order valence-electron chi connectivity index (χ4n) is 1.78. The molecule has 0 spiro atoms. The summed E-state index contributed by atoms with van der Waals surface area (Å²) < 4.78 is 5.48. The molecule has 3 N–H and O–H groups in total. The summed E-state index contributed by atoms with van der Waals surface area (Å²) >= 11 is 5.78. The van der Waals surface area contributed by atoms with E-state index in [9.17, 15) is 5.11 Å². The van der Waals surface area contributed by atoms with E-state index >= 15 is 0 Å². The first kappa shape index (κ1) is 17.2. The average Bonchev–Trinajstić information content (AvgIpc) is 2.45. The molecule has 2 atom stereocenters. The van der Waals surface area contributed by atoms with E-state index in [1.54, 1.807) is 24.3 Å². The van der Waals surface area contributed by atoms with Crippen LogP contribution in [0.15, 0.2) is 24.3 Å². The molecule has 0 aliphatic heterocycles. The predicted molar refractivity (Wildman–Crippen MR) is 81.4 cm³/mol. The molecular formula is C15H24ClNO3. The van der Waals surface area contributed by atoms with Gasteiger partial charge in [0, 0.05) is 23.7 Å². The SMILES string of the molecule is CCC(C)(CCO)NCC(O)COc1ccc(Cl)cc1. The van der Waals surface area contributed by atoms with Gasteiger partial charge in [0.25, 0.3) is 0 Å². The van der Waals surface area contributed by atoms with E-state index in [0.29, 0.717) is 23.7 Å². The molecule has 0 aliphatic rings. The molecule has 114 valence electrons. The first-order chi connectivity index (χ1) is 9.49. The molecule has 0 saturated carbocycles. The van der Waals surface area contributed by atoms with Gasteiger partial charge < -0.3 is 20.3 Å². The third kappa shape index (κ3) is 6.09. The Labute approximate surface area is 125 Å². The molecule has 1 aromatic rings. The van der Waals surface area contributed by atoms with E-state index in [1.165, 1.54) is 0 Å². The number of benzene rings is 1. The summed E-state index contributed by atoms with van der Waals surface area (Å²) in [6.07, 6.45) is 0.947. The Morgan fingerprint density at radius 1 is 1.35 bits per heavy atom. The summed E-state index contributed by atoms with van der Waals surface area (Å²) in [5.74, 6) is 0.682. The molecule has 0 aromatic heterocycles. The van der Waals surface area contributed by atoms with Gasteiger partial charge in [-0.05, 0) is 44.0 Å². The minimum atomic E-state index is -0.602. The fourth-order valence-corrected chi connectivity index (χ4v) is 1.91. The molecule has 2 unspecified atom stereocenters. The predicted octanol–water partition coefficient (Wildman–Crippen LogP) is 2.22. The Balaban J connectivity index is 2.32. The van der Waals surface area contributed by atoms with Crippen LogP contribution in [-0.2, 0) is 0 Å². The molecule has 0 fully saturated rings. The van der Waals surface area contributed by atoms with Crippen molar-refractivity contribution < 1.29 is 14.9 Å². The maximum absolute atomic E-state index is 9.92. The standard InChI is InChI=1S/C15H24ClNO3/c1-3-15(2,8-9-18)17-10-13(19)11-20-14-6-4-12(16)5-7-14/h4-7,13,17-19H,3,8-11H2,1-2H3. The Kier molecular flexibility index (Phi) is 7.30. The number of hydrogen-bond acceptors (Lipinski definition) is 4. The highest BCUT2D eigenvalue weighted by Crippen LogP contribution is 2.16. The van der Waals surface area contributed by atoms with Crippen molar-refractivity contribution in [2.45, 2.75) is 38.3 Å². The van der Waals surface area contributed by atoms with Gasteiger partial charge in [-0.2, -0.15) is 0 Å². The van der Waals surface area contributed by atoms with Crippen LogP contribution in [0.25, 0.3) is 0 Å². The lowest BCUT2D eigenvalue weighted by molar-refractivity contribution is 0.0934. The number of β-amino-alcohol motifs (C(OH)–C–C–N with tert-alkyl or cyclic N) is 1. The molecule has 4 nitrogen and oxygen atoms in total. The highest BCUT2D eigenvalue weighted by Gasteiger charge is 2.21. The lowest BCUT2D eigenvalue weighted by atomic mass is 9.95. The lowest BCUT2D eigenvalue weighted by Gasteiger charge is -2.30. The monoisotopic (exact) mass is 301 g/mol. The van der Waals surface area contributed by atoms with Crippen molar-refractivity contribution in [2.24, 2.45) is 0 Å². The summed E-state index contributed by atoms with van der Waals surface area (Å²) in [6.45, 7) is 4.87. The zero-order valence-electron chi connectivity index (χ0n) is 12.1. The summed E-state index contributed by atoms with van der Waals surface area (Å²) in [5.41, 5.74) is -0.157. The van der Waals surface area contributed by atoms with Gasteiger partial charge in [0.2, 0.25) is 0 Å². The van der Waals surface area contributed by atoms with E-state index in [4.69, 9.17) is 21.4 Å². The number of aliphatic hydroxyl groups is 2. The van der Waals surface area contributed by atoms with Crippen molar-refractivity contribution in [3.05, 3.63) is 29.3 Å². The molecule has 20 heavy (non-hydrogen) atoms. The van der Waals surface area contributed by atoms with Gasteiger partial charge in [0.05, 0.1) is 0 Å². The summed E-state index contributed by atoms with van der Waals surface area (Å²) in [6, 6.07) is 7.03. The topological polar surface area (TPSA) is 61.7 Å². The zero-order chi connectivity index (χ0) is 15.0. The van der Waals surface area contributed by atoms with Gasteiger partial charge in [0.1, 0.15) is 18.5 Å². The van der Waals surface area contributed by atoms with Crippen LogP contribution in [0.5, 0.6) is 5.75 Å². The second-order valence-corrected chi connectivity index (χ2v) is 5.62. The second kappa shape index (κ2) is 8.47. The Morgan fingerprint density at radius 2 is 2.00 bits per heavy atom. The third-order valence-electron chi connectivity index (χ3n) is 3.46. The van der Waals surface area contributed by atoms with Gasteiger partial charge in [-0.15, -0.1) is 0 Å². The van der Waals surface area contributed by atoms with E-state index < -0.39 is 6.10 Å². The number of nitrogens with one attached hydrogen (secondary N) is 1. The van der Waals surface area contributed by atoms with Crippen molar-refractivity contribution in [1.82, 2.24) is 5.32 Å².